The summed E-state index contributed by atoms with van der Waals surface area (Å²) in [6.07, 6.45) is 3.19. The molecule has 1 aromatic carbocycles. The zero-order valence-corrected chi connectivity index (χ0v) is 17.5. The third kappa shape index (κ3) is 4.32. The standard InChI is InChI=1S/C18H13I2NO4/c1-10(2)9-24-16-12(19)6-11(7-13(16)20)8-14-18(22)25-17(21-14)15-4-3-5-23-15/h3-8H,1,9H2,2H3/b14-8+. The van der Waals surface area contributed by atoms with E-state index in [2.05, 4.69) is 56.8 Å². The third-order valence-electron chi connectivity index (χ3n) is 3.14. The first kappa shape index (κ1) is 18.2. The predicted molar refractivity (Wildman–Crippen MR) is 111 cm³/mol. The molecule has 5 nitrogen and oxygen atoms in total. The van der Waals surface area contributed by atoms with Crippen LogP contribution >= 0.6 is 45.2 Å². The lowest BCUT2D eigenvalue weighted by Crippen LogP contribution is -2.04. The number of nitrogens with zero attached hydrogens (tertiary/aromatic N) is 1. The molecular weight excluding hydrogens is 548 g/mol. The lowest BCUT2D eigenvalue weighted by atomic mass is 10.2. The second kappa shape index (κ2) is 7.73. The van der Waals surface area contributed by atoms with E-state index < -0.39 is 5.97 Å². The molecule has 1 aliphatic heterocycles. The van der Waals surface area contributed by atoms with Gasteiger partial charge in [0.2, 0.25) is 0 Å². The SMILES string of the molecule is C=C(C)COc1c(I)cc(/C=C2/N=C(c3ccco3)OC2=O)cc1I. The van der Waals surface area contributed by atoms with Crippen molar-refractivity contribution >= 4 is 63.1 Å². The van der Waals surface area contributed by atoms with Crippen molar-refractivity contribution in [2.75, 3.05) is 6.61 Å². The second-order valence-electron chi connectivity index (χ2n) is 5.37. The topological polar surface area (TPSA) is 61.0 Å². The Bertz CT molecular complexity index is 875. The van der Waals surface area contributed by atoms with Crippen molar-refractivity contribution < 1.29 is 18.7 Å². The smallest absolute Gasteiger partial charge is 0.363 e. The summed E-state index contributed by atoms with van der Waals surface area (Å²) in [6, 6.07) is 7.25. The van der Waals surface area contributed by atoms with Crippen LogP contribution in [-0.2, 0) is 9.53 Å². The van der Waals surface area contributed by atoms with Gasteiger partial charge in [0, 0.05) is 0 Å². The minimum Gasteiger partial charge on any atom is -0.487 e. The molecule has 0 unspecified atom stereocenters. The van der Waals surface area contributed by atoms with Crippen molar-refractivity contribution in [3.05, 3.63) is 66.8 Å². The van der Waals surface area contributed by atoms with Crippen LogP contribution in [0.15, 0.2) is 57.8 Å². The van der Waals surface area contributed by atoms with Crippen molar-refractivity contribution in [3.63, 3.8) is 0 Å². The number of furan rings is 1. The van der Waals surface area contributed by atoms with Crippen LogP contribution < -0.4 is 4.74 Å². The summed E-state index contributed by atoms with van der Waals surface area (Å²) < 4.78 is 18.0. The molecule has 0 spiro atoms. The summed E-state index contributed by atoms with van der Waals surface area (Å²) in [5.74, 6) is 0.899. The van der Waals surface area contributed by atoms with Crippen molar-refractivity contribution in [2.24, 2.45) is 4.99 Å². The average molecular weight is 561 g/mol. The number of carbonyl (C=O) groups excluding carboxylic acids is 1. The maximum Gasteiger partial charge on any atom is 0.363 e. The Balaban J connectivity index is 1.88. The number of hydrogen-bond acceptors (Lipinski definition) is 5. The van der Waals surface area contributed by atoms with Crippen molar-refractivity contribution in [2.45, 2.75) is 6.92 Å². The highest BCUT2D eigenvalue weighted by molar-refractivity contribution is 14.1. The summed E-state index contributed by atoms with van der Waals surface area (Å²) in [5, 5.41) is 0. The predicted octanol–water partition coefficient (Wildman–Crippen LogP) is 4.79. The van der Waals surface area contributed by atoms with E-state index in [1.807, 2.05) is 19.1 Å². The quantitative estimate of drug-likeness (QED) is 0.228. The van der Waals surface area contributed by atoms with Crippen LogP contribution in [0, 0.1) is 7.14 Å². The van der Waals surface area contributed by atoms with Gasteiger partial charge in [-0.15, -0.1) is 0 Å². The molecule has 0 N–H and O–H groups in total. The molecule has 0 amide bonds. The zero-order chi connectivity index (χ0) is 18.0. The molecule has 0 radical (unpaired) electrons. The van der Waals surface area contributed by atoms with Gasteiger partial charge in [-0.05, 0) is 93.6 Å². The number of ether oxygens (including phenoxy) is 2. The molecule has 2 heterocycles. The molecule has 0 aliphatic carbocycles. The lowest BCUT2D eigenvalue weighted by molar-refractivity contribution is -0.130. The van der Waals surface area contributed by atoms with Crippen molar-refractivity contribution in [1.82, 2.24) is 0 Å². The first-order valence-electron chi connectivity index (χ1n) is 7.26. The first-order valence-corrected chi connectivity index (χ1v) is 9.42. The molecule has 0 saturated carbocycles. The Hall–Kier alpha value is -1.62. The fourth-order valence-electron chi connectivity index (χ4n) is 2.07. The summed E-state index contributed by atoms with van der Waals surface area (Å²) in [6.45, 7) is 6.22. The fraction of sp³-hybridized carbons (Fsp3) is 0.111. The van der Waals surface area contributed by atoms with Crippen LogP contribution in [0.1, 0.15) is 18.2 Å². The van der Waals surface area contributed by atoms with Crippen molar-refractivity contribution in [1.29, 1.82) is 0 Å². The number of esters is 1. The average Bonchev–Trinajstić information content (AvgIpc) is 3.16. The van der Waals surface area contributed by atoms with E-state index >= 15 is 0 Å². The summed E-state index contributed by atoms with van der Waals surface area (Å²) in [7, 11) is 0. The molecule has 0 bridgehead atoms. The molecule has 25 heavy (non-hydrogen) atoms. The fourth-order valence-corrected chi connectivity index (χ4v) is 4.20. The van der Waals surface area contributed by atoms with Crippen LogP contribution in [0.2, 0.25) is 0 Å². The number of halogens is 2. The van der Waals surface area contributed by atoms with Crippen molar-refractivity contribution in [3.8, 4) is 5.75 Å². The van der Waals surface area contributed by atoms with Gasteiger partial charge in [0.15, 0.2) is 11.5 Å². The first-order chi connectivity index (χ1) is 11.9. The largest absolute Gasteiger partial charge is 0.487 e. The van der Waals surface area contributed by atoms with E-state index in [9.17, 15) is 4.79 Å². The molecule has 128 valence electrons. The highest BCUT2D eigenvalue weighted by Gasteiger charge is 2.26. The van der Waals surface area contributed by atoms with Gasteiger partial charge in [-0.3, -0.25) is 0 Å². The molecular formula is C18H13I2NO4. The van der Waals surface area contributed by atoms with Crippen LogP contribution in [-0.4, -0.2) is 18.5 Å². The van der Waals surface area contributed by atoms with Crippen LogP contribution in [0.4, 0.5) is 0 Å². The number of hydrogen-bond donors (Lipinski definition) is 0. The van der Waals surface area contributed by atoms with Crippen LogP contribution in [0.25, 0.3) is 6.08 Å². The van der Waals surface area contributed by atoms with E-state index in [0.29, 0.717) is 12.4 Å². The zero-order valence-electron chi connectivity index (χ0n) is 13.2. The number of rotatable bonds is 5. The molecule has 1 aromatic heterocycles. The third-order valence-corrected chi connectivity index (χ3v) is 4.74. The van der Waals surface area contributed by atoms with Gasteiger partial charge >= 0.3 is 5.97 Å². The molecule has 0 saturated heterocycles. The van der Waals surface area contributed by atoms with E-state index in [-0.39, 0.29) is 11.6 Å². The Labute approximate surface area is 172 Å². The number of aliphatic imine (C=N–C) groups is 1. The number of benzene rings is 1. The van der Waals surface area contributed by atoms with Gasteiger partial charge in [-0.1, -0.05) is 6.58 Å². The van der Waals surface area contributed by atoms with Crippen LogP contribution in [0.5, 0.6) is 5.75 Å². The van der Waals surface area contributed by atoms with E-state index in [4.69, 9.17) is 13.9 Å². The Morgan fingerprint density at radius 1 is 1.36 bits per heavy atom. The highest BCUT2D eigenvalue weighted by atomic mass is 127. The highest BCUT2D eigenvalue weighted by Crippen LogP contribution is 2.30. The van der Waals surface area contributed by atoms with E-state index in [1.165, 1.54) is 6.26 Å². The Kier molecular flexibility index (Phi) is 5.62. The maximum atomic E-state index is 12.0. The van der Waals surface area contributed by atoms with E-state index in [0.717, 1.165) is 24.0 Å². The lowest BCUT2D eigenvalue weighted by Gasteiger charge is -2.11. The minimum atomic E-state index is -0.501. The van der Waals surface area contributed by atoms with Gasteiger partial charge in [0.1, 0.15) is 12.4 Å². The van der Waals surface area contributed by atoms with Gasteiger partial charge in [0.25, 0.3) is 5.90 Å². The van der Waals surface area contributed by atoms with Gasteiger partial charge in [-0.25, -0.2) is 9.79 Å². The summed E-state index contributed by atoms with van der Waals surface area (Å²) in [4.78, 5) is 16.2. The van der Waals surface area contributed by atoms with Gasteiger partial charge in [-0.2, -0.15) is 0 Å². The van der Waals surface area contributed by atoms with Gasteiger partial charge < -0.3 is 13.9 Å². The number of cyclic esters (lactones) is 1. The molecule has 0 atom stereocenters. The summed E-state index contributed by atoms with van der Waals surface area (Å²) in [5.41, 5.74) is 2.02. The molecule has 2 aromatic rings. The van der Waals surface area contributed by atoms with E-state index in [1.54, 1.807) is 18.2 Å². The van der Waals surface area contributed by atoms with Gasteiger partial charge in [0.05, 0.1) is 13.4 Å². The Morgan fingerprint density at radius 2 is 2.08 bits per heavy atom. The Morgan fingerprint density at radius 3 is 2.68 bits per heavy atom. The molecule has 3 rings (SSSR count). The van der Waals surface area contributed by atoms with Crippen LogP contribution in [0.3, 0.4) is 0 Å². The molecule has 7 heteroatoms. The normalized spacial score (nSPS) is 15.2. The summed E-state index contributed by atoms with van der Waals surface area (Å²) >= 11 is 4.41. The maximum absolute atomic E-state index is 12.0. The monoisotopic (exact) mass is 561 g/mol. The molecule has 0 fully saturated rings. The minimum absolute atomic E-state index is 0.173. The number of carbonyl (C=O) groups is 1. The molecule has 1 aliphatic rings. The second-order valence-corrected chi connectivity index (χ2v) is 7.70.